The number of phenols is 1. The van der Waals surface area contributed by atoms with Crippen LogP contribution in [0.3, 0.4) is 0 Å². The van der Waals surface area contributed by atoms with Crippen molar-refractivity contribution in [2.24, 2.45) is 4.99 Å². The Kier molecular flexibility index (Phi) is 11.4. The van der Waals surface area contributed by atoms with Crippen molar-refractivity contribution in [2.45, 2.75) is 32.4 Å². The summed E-state index contributed by atoms with van der Waals surface area (Å²) in [4.78, 5) is 19.1. The van der Waals surface area contributed by atoms with Crippen molar-refractivity contribution in [1.29, 1.82) is 0 Å². The molecule has 3 rings (SSSR count). The van der Waals surface area contributed by atoms with Crippen molar-refractivity contribution < 1.29 is 14.3 Å². The van der Waals surface area contributed by atoms with Crippen LogP contribution in [0.1, 0.15) is 35.7 Å². The zero-order valence-electron chi connectivity index (χ0n) is 18.9. The standard InChI is InChI=1S/C24H32FN5O2.HI/c1-2-26-24(28-14-13-27-23(32)19-5-9-22(31)10-6-19)29-21-11-15-30(16-12-21)17-18-3-7-20(25)8-4-18;/h3-10,21,31H,2,11-17H2,1H3,(H,27,32)(H2,26,28,29);1H. The first-order chi connectivity index (χ1) is 15.5. The molecule has 0 aliphatic carbocycles. The zero-order valence-corrected chi connectivity index (χ0v) is 21.2. The van der Waals surface area contributed by atoms with Gasteiger partial charge < -0.3 is 21.1 Å². The predicted octanol–water partition coefficient (Wildman–Crippen LogP) is 3.10. The molecule has 1 amide bonds. The highest BCUT2D eigenvalue weighted by Crippen LogP contribution is 2.14. The number of benzene rings is 2. The summed E-state index contributed by atoms with van der Waals surface area (Å²) in [5.41, 5.74) is 1.63. The second kappa shape index (κ2) is 14.0. The molecule has 2 aromatic carbocycles. The van der Waals surface area contributed by atoms with E-state index in [-0.39, 0.29) is 41.5 Å². The lowest BCUT2D eigenvalue weighted by Crippen LogP contribution is -2.48. The molecular weight excluding hydrogens is 536 g/mol. The fourth-order valence-electron chi connectivity index (χ4n) is 3.65. The largest absolute Gasteiger partial charge is 0.508 e. The number of piperidine rings is 1. The summed E-state index contributed by atoms with van der Waals surface area (Å²) in [6.07, 6.45) is 2.01. The first-order valence-electron chi connectivity index (χ1n) is 11.1. The van der Waals surface area contributed by atoms with E-state index < -0.39 is 0 Å². The molecule has 33 heavy (non-hydrogen) atoms. The Morgan fingerprint density at radius 2 is 1.76 bits per heavy atom. The lowest BCUT2D eigenvalue weighted by Gasteiger charge is -2.33. The molecular formula is C24H33FIN5O2. The molecule has 1 aliphatic rings. The normalized spacial score (nSPS) is 14.9. The van der Waals surface area contributed by atoms with E-state index in [9.17, 15) is 14.3 Å². The van der Waals surface area contributed by atoms with E-state index in [1.54, 1.807) is 12.1 Å². The summed E-state index contributed by atoms with van der Waals surface area (Å²) < 4.78 is 13.1. The Morgan fingerprint density at radius 1 is 1.09 bits per heavy atom. The van der Waals surface area contributed by atoms with Gasteiger partial charge in [-0.25, -0.2) is 4.39 Å². The summed E-state index contributed by atoms with van der Waals surface area (Å²) in [5.74, 6) is 0.496. The van der Waals surface area contributed by atoms with E-state index in [0.717, 1.165) is 50.5 Å². The van der Waals surface area contributed by atoms with Gasteiger partial charge in [0.25, 0.3) is 5.91 Å². The molecule has 0 aromatic heterocycles. The lowest BCUT2D eigenvalue weighted by atomic mass is 10.0. The van der Waals surface area contributed by atoms with E-state index in [1.165, 1.54) is 24.3 Å². The van der Waals surface area contributed by atoms with Crippen LogP contribution in [0.5, 0.6) is 5.75 Å². The zero-order chi connectivity index (χ0) is 22.8. The van der Waals surface area contributed by atoms with Gasteiger partial charge in [-0.2, -0.15) is 0 Å². The molecule has 0 unspecified atom stereocenters. The number of phenolic OH excluding ortho intramolecular Hbond substituents is 1. The maximum Gasteiger partial charge on any atom is 0.251 e. The van der Waals surface area contributed by atoms with Gasteiger partial charge >= 0.3 is 0 Å². The number of carbonyl (C=O) groups excluding carboxylic acids is 1. The van der Waals surface area contributed by atoms with Crippen molar-refractivity contribution >= 4 is 35.8 Å². The molecule has 9 heteroatoms. The average Bonchev–Trinajstić information content (AvgIpc) is 2.80. The van der Waals surface area contributed by atoms with Crippen LogP contribution in [0.15, 0.2) is 53.5 Å². The molecule has 0 radical (unpaired) electrons. The van der Waals surface area contributed by atoms with E-state index >= 15 is 0 Å². The Bertz CT molecular complexity index is 885. The van der Waals surface area contributed by atoms with Crippen LogP contribution >= 0.6 is 24.0 Å². The maximum absolute atomic E-state index is 13.1. The van der Waals surface area contributed by atoms with Crippen LogP contribution in [-0.4, -0.2) is 60.6 Å². The van der Waals surface area contributed by atoms with Gasteiger partial charge in [-0.15, -0.1) is 24.0 Å². The predicted molar refractivity (Wildman–Crippen MR) is 140 cm³/mol. The number of rotatable bonds is 8. The Labute approximate surface area is 211 Å². The number of hydrogen-bond donors (Lipinski definition) is 4. The lowest BCUT2D eigenvalue weighted by molar-refractivity contribution is 0.0955. The van der Waals surface area contributed by atoms with Crippen molar-refractivity contribution in [3.05, 3.63) is 65.5 Å². The molecule has 7 nitrogen and oxygen atoms in total. The molecule has 1 saturated heterocycles. The number of hydrogen-bond acceptors (Lipinski definition) is 4. The number of amides is 1. The third kappa shape index (κ3) is 9.17. The van der Waals surface area contributed by atoms with Gasteiger partial charge in [-0.3, -0.25) is 14.7 Å². The molecule has 1 heterocycles. The van der Waals surface area contributed by atoms with Crippen LogP contribution in [0.2, 0.25) is 0 Å². The minimum Gasteiger partial charge on any atom is -0.508 e. The Hall–Kier alpha value is -2.40. The second-order valence-corrected chi connectivity index (χ2v) is 7.88. The van der Waals surface area contributed by atoms with Gasteiger partial charge in [0.1, 0.15) is 11.6 Å². The van der Waals surface area contributed by atoms with Crippen LogP contribution in [0.25, 0.3) is 0 Å². The van der Waals surface area contributed by atoms with E-state index in [0.29, 0.717) is 24.7 Å². The molecule has 0 bridgehead atoms. The van der Waals surface area contributed by atoms with Crippen molar-refractivity contribution in [3.63, 3.8) is 0 Å². The molecule has 4 N–H and O–H groups in total. The van der Waals surface area contributed by atoms with Gasteiger partial charge in [0.15, 0.2) is 5.96 Å². The molecule has 180 valence electrons. The van der Waals surface area contributed by atoms with Crippen LogP contribution < -0.4 is 16.0 Å². The highest BCUT2D eigenvalue weighted by atomic mass is 127. The third-order valence-electron chi connectivity index (χ3n) is 5.39. The number of aromatic hydroxyl groups is 1. The molecule has 0 spiro atoms. The van der Waals surface area contributed by atoms with E-state index in [2.05, 4.69) is 25.8 Å². The molecule has 1 fully saturated rings. The Balaban J connectivity index is 0.00000385. The summed E-state index contributed by atoms with van der Waals surface area (Å²) in [6.45, 7) is 6.44. The second-order valence-electron chi connectivity index (χ2n) is 7.88. The summed E-state index contributed by atoms with van der Waals surface area (Å²) in [5, 5.41) is 18.9. The third-order valence-corrected chi connectivity index (χ3v) is 5.39. The molecule has 2 aromatic rings. The maximum atomic E-state index is 13.1. The highest BCUT2D eigenvalue weighted by Gasteiger charge is 2.20. The van der Waals surface area contributed by atoms with Gasteiger partial charge in [0, 0.05) is 44.3 Å². The highest BCUT2D eigenvalue weighted by molar-refractivity contribution is 14.0. The van der Waals surface area contributed by atoms with Gasteiger partial charge in [-0.1, -0.05) is 12.1 Å². The minimum atomic E-state index is -0.202. The van der Waals surface area contributed by atoms with E-state index in [4.69, 9.17) is 0 Å². The topological polar surface area (TPSA) is 89.0 Å². The van der Waals surface area contributed by atoms with Crippen LogP contribution in [-0.2, 0) is 6.54 Å². The van der Waals surface area contributed by atoms with E-state index in [1.807, 2.05) is 19.1 Å². The summed E-state index contributed by atoms with van der Waals surface area (Å²) >= 11 is 0. The first-order valence-corrected chi connectivity index (χ1v) is 11.1. The monoisotopic (exact) mass is 569 g/mol. The summed E-state index contributed by atoms with van der Waals surface area (Å²) in [6, 6.07) is 13.2. The number of carbonyl (C=O) groups is 1. The Morgan fingerprint density at radius 3 is 2.39 bits per heavy atom. The fourth-order valence-corrected chi connectivity index (χ4v) is 3.65. The quantitative estimate of drug-likeness (QED) is 0.170. The number of likely N-dealkylation sites (tertiary alicyclic amines) is 1. The number of halogens is 2. The summed E-state index contributed by atoms with van der Waals surface area (Å²) in [7, 11) is 0. The molecule has 1 aliphatic heterocycles. The minimum absolute atomic E-state index is 0. The fraction of sp³-hybridized carbons (Fsp3) is 0.417. The molecule has 0 atom stereocenters. The van der Waals surface area contributed by atoms with Gasteiger partial charge in [-0.05, 0) is 61.7 Å². The SMILES string of the molecule is CCNC(=NCCNC(=O)c1ccc(O)cc1)NC1CCN(Cc2ccc(F)cc2)CC1.I. The number of guanidine groups is 1. The number of nitrogens with zero attached hydrogens (tertiary/aromatic N) is 2. The van der Waals surface area contributed by atoms with Crippen molar-refractivity contribution in [1.82, 2.24) is 20.9 Å². The number of aliphatic imine (C=N–C) groups is 1. The van der Waals surface area contributed by atoms with Crippen LogP contribution in [0.4, 0.5) is 4.39 Å². The molecule has 0 saturated carbocycles. The van der Waals surface area contributed by atoms with Gasteiger partial charge in [0.2, 0.25) is 0 Å². The smallest absolute Gasteiger partial charge is 0.251 e. The van der Waals surface area contributed by atoms with Crippen molar-refractivity contribution in [2.75, 3.05) is 32.7 Å². The average molecular weight is 569 g/mol. The van der Waals surface area contributed by atoms with Crippen LogP contribution in [0, 0.1) is 5.82 Å². The number of nitrogens with one attached hydrogen (secondary N) is 3. The first kappa shape index (κ1) is 26.8. The van der Waals surface area contributed by atoms with Gasteiger partial charge in [0.05, 0.1) is 6.54 Å². The van der Waals surface area contributed by atoms with Crippen molar-refractivity contribution in [3.8, 4) is 5.75 Å².